The number of benzene rings is 3. The Morgan fingerprint density at radius 1 is 0.974 bits per heavy atom. The third-order valence-electron chi connectivity index (χ3n) is 6.78. The Balaban J connectivity index is 1.57. The minimum Gasteiger partial charge on any atom is -0.497 e. The van der Waals surface area contributed by atoms with Crippen LogP contribution in [-0.4, -0.2) is 43.7 Å². The highest BCUT2D eigenvalue weighted by molar-refractivity contribution is 6.00. The number of methoxy groups -OCH3 is 1. The molecule has 3 N–H and O–H groups in total. The molecule has 3 aromatic carbocycles. The molecule has 2 unspecified atom stereocenters. The highest BCUT2D eigenvalue weighted by Crippen LogP contribution is 2.28. The number of rotatable bonds is 10. The Morgan fingerprint density at radius 3 is 2.37 bits per heavy atom. The zero-order valence-corrected chi connectivity index (χ0v) is 22.2. The largest absolute Gasteiger partial charge is 0.497 e. The van der Waals surface area contributed by atoms with E-state index in [0.29, 0.717) is 30.9 Å². The van der Waals surface area contributed by atoms with Gasteiger partial charge in [-0.15, -0.1) is 0 Å². The fourth-order valence-electron chi connectivity index (χ4n) is 4.65. The number of hydrogen-bond donors (Lipinski definition) is 3. The smallest absolute Gasteiger partial charge is 0.340 e. The van der Waals surface area contributed by atoms with Gasteiger partial charge in [0, 0.05) is 25.6 Å². The molecule has 4 rings (SSSR count). The molecular weight excluding hydrogens is 480 g/mol. The summed E-state index contributed by atoms with van der Waals surface area (Å²) in [5.41, 5.74) is 10.8. The number of hydrazine groups is 1. The van der Waals surface area contributed by atoms with E-state index in [0.717, 1.165) is 23.3 Å². The molecule has 1 aliphatic heterocycles. The number of nitrogens with one attached hydrogen (secondary N) is 3. The minimum absolute atomic E-state index is 0.0190. The van der Waals surface area contributed by atoms with Crippen LogP contribution in [0.5, 0.6) is 5.75 Å². The molecular formula is C30H36N4O4. The van der Waals surface area contributed by atoms with Crippen molar-refractivity contribution >= 4 is 17.7 Å². The lowest BCUT2D eigenvalue weighted by Gasteiger charge is -2.29. The molecule has 3 aromatic rings. The number of aryl methyl sites for hydroxylation is 1. The topological polar surface area (TPSA) is 91.9 Å². The normalized spacial score (nSPS) is 16.6. The maximum absolute atomic E-state index is 13.7. The van der Waals surface area contributed by atoms with Gasteiger partial charge in [0.05, 0.1) is 31.0 Å². The lowest BCUT2D eigenvalue weighted by molar-refractivity contribution is 0.0527. The minimum atomic E-state index is -0.464. The van der Waals surface area contributed by atoms with Crippen molar-refractivity contribution in [3.05, 3.63) is 95.1 Å². The Bertz CT molecular complexity index is 1210. The molecule has 0 bridgehead atoms. The summed E-state index contributed by atoms with van der Waals surface area (Å²) in [6.07, 6.45) is 0.956. The van der Waals surface area contributed by atoms with Gasteiger partial charge in [0.2, 0.25) is 0 Å². The molecule has 1 aliphatic rings. The maximum Gasteiger partial charge on any atom is 0.340 e. The standard InChI is InChI=1S/C30H36N4O4/c1-4-21-10-12-22(13-11-21)19-34(30(36)32-27-9-7-6-8-26(27)29(35)38-5-2)20-24-18-31-33-28(24)23-14-16-25(37-3)17-15-23/h6-17,24,28,31,33H,4-5,18-20H2,1-3H3,(H,32,36). The van der Waals surface area contributed by atoms with Crippen molar-refractivity contribution in [3.8, 4) is 5.75 Å². The molecule has 1 fully saturated rings. The highest BCUT2D eigenvalue weighted by Gasteiger charge is 2.31. The van der Waals surface area contributed by atoms with Gasteiger partial charge in [-0.2, -0.15) is 0 Å². The van der Waals surface area contributed by atoms with Crippen LogP contribution in [0.1, 0.15) is 46.9 Å². The zero-order chi connectivity index (χ0) is 26.9. The van der Waals surface area contributed by atoms with Crippen molar-refractivity contribution in [2.75, 3.05) is 32.1 Å². The van der Waals surface area contributed by atoms with Crippen molar-refractivity contribution in [1.82, 2.24) is 15.8 Å². The van der Waals surface area contributed by atoms with Gasteiger partial charge in [0.1, 0.15) is 5.75 Å². The van der Waals surface area contributed by atoms with E-state index in [1.165, 1.54) is 5.56 Å². The van der Waals surface area contributed by atoms with E-state index in [9.17, 15) is 9.59 Å². The lowest BCUT2D eigenvalue weighted by Crippen LogP contribution is -2.40. The number of carbonyl (C=O) groups is 2. The summed E-state index contributed by atoms with van der Waals surface area (Å²) in [5, 5.41) is 2.97. The molecule has 0 saturated carbocycles. The Kier molecular flexibility index (Phi) is 9.35. The van der Waals surface area contributed by atoms with E-state index >= 15 is 0 Å². The molecule has 0 aromatic heterocycles. The molecule has 8 heteroatoms. The summed E-state index contributed by atoms with van der Waals surface area (Å²) in [6, 6.07) is 23.0. The van der Waals surface area contributed by atoms with Crippen LogP contribution in [0.3, 0.4) is 0 Å². The first-order valence-electron chi connectivity index (χ1n) is 13.0. The molecule has 8 nitrogen and oxygen atoms in total. The second-order valence-electron chi connectivity index (χ2n) is 9.28. The van der Waals surface area contributed by atoms with Gasteiger partial charge in [-0.1, -0.05) is 55.5 Å². The van der Waals surface area contributed by atoms with Crippen molar-refractivity contribution in [2.45, 2.75) is 32.9 Å². The number of carbonyl (C=O) groups excluding carboxylic acids is 2. The van der Waals surface area contributed by atoms with Crippen molar-refractivity contribution in [1.29, 1.82) is 0 Å². The summed E-state index contributed by atoms with van der Waals surface area (Å²) in [6.45, 7) is 5.77. The van der Waals surface area contributed by atoms with Gasteiger partial charge in [0.25, 0.3) is 0 Å². The quantitative estimate of drug-likeness (QED) is 0.331. The lowest BCUT2D eigenvalue weighted by atomic mass is 9.94. The van der Waals surface area contributed by atoms with Crippen molar-refractivity contribution in [3.63, 3.8) is 0 Å². The Morgan fingerprint density at radius 2 is 1.68 bits per heavy atom. The van der Waals surface area contributed by atoms with E-state index in [1.54, 1.807) is 43.2 Å². The SMILES string of the molecule is CCOC(=O)c1ccccc1NC(=O)N(Cc1ccc(CC)cc1)CC1CNNC1c1ccc(OC)cc1. The Labute approximate surface area is 224 Å². The molecule has 2 atom stereocenters. The third-order valence-corrected chi connectivity index (χ3v) is 6.78. The molecule has 2 amide bonds. The fraction of sp³-hybridized carbons (Fsp3) is 0.333. The third kappa shape index (κ3) is 6.70. The second-order valence-corrected chi connectivity index (χ2v) is 9.28. The highest BCUT2D eigenvalue weighted by atomic mass is 16.5. The monoisotopic (exact) mass is 516 g/mol. The van der Waals surface area contributed by atoms with E-state index in [1.807, 2.05) is 24.3 Å². The molecule has 0 spiro atoms. The average molecular weight is 517 g/mol. The molecule has 200 valence electrons. The summed E-state index contributed by atoms with van der Waals surface area (Å²) in [4.78, 5) is 28.0. The zero-order valence-electron chi connectivity index (χ0n) is 22.2. The average Bonchev–Trinajstić information content (AvgIpc) is 3.41. The van der Waals surface area contributed by atoms with Crippen molar-refractivity contribution < 1.29 is 19.1 Å². The number of nitrogens with zero attached hydrogens (tertiary/aromatic N) is 1. The summed E-state index contributed by atoms with van der Waals surface area (Å²) >= 11 is 0. The maximum atomic E-state index is 13.7. The van der Waals surface area contributed by atoms with Crippen molar-refractivity contribution in [2.24, 2.45) is 5.92 Å². The molecule has 38 heavy (non-hydrogen) atoms. The van der Waals surface area contributed by atoms with Crippen LogP contribution in [0.2, 0.25) is 0 Å². The molecule has 1 saturated heterocycles. The first-order valence-corrected chi connectivity index (χ1v) is 13.0. The van der Waals surface area contributed by atoms with Crippen LogP contribution in [0.4, 0.5) is 10.5 Å². The predicted molar refractivity (Wildman–Crippen MR) is 148 cm³/mol. The number of urea groups is 1. The van der Waals surface area contributed by atoms with Crippen LogP contribution in [0.25, 0.3) is 0 Å². The summed E-state index contributed by atoms with van der Waals surface area (Å²) in [5.74, 6) is 0.450. The van der Waals surface area contributed by atoms with E-state index < -0.39 is 5.97 Å². The van der Waals surface area contributed by atoms with Gasteiger partial charge < -0.3 is 19.7 Å². The molecule has 0 radical (unpaired) electrons. The van der Waals surface area contributed by atoms with Crippen LogP contribution < -0.4 is 20.9 Å². The van der Waals surface area contributed by atoms with E-state index in [2.05, 4.69) is 47.4 Å². The van der Waals surface area contributed by atoms with Gasteiger partial charge in [-0.05, 0) is 54.3 Å². The van der Waals surface area contributed by atoms with Gasteiger partial charge in [-0.25, -0.2) is 15.0 Å². The number of hydrogen-bond acceptors (Lipinski definition) is 6. The van der Waals surface area contributed by atoms with Gasteiger partial charge in [-0.3, -0.25) is 5.43 Å². The number of para-hydroxylation sites is 1. The second kappa shape index (κ2) is 13.1. The summed E-state index contributed by atoms with van der Waals surface area (Å²) in [7, 11) is 1.65. The van der Waals surface area contributed by atoms with Crippen LogP contribution in [0.15, 0.2) is 72.8 Å². The number of anilines is 1. The Hall–Kier alpha value is -3.88. The number of ether oxygens (including phenoxy) is 2. The van der Waals surface area contributed by atoms with Gasteiger partial charge >= 0.3 is 12.0 Å². The van der Waals surface area contributed by atoms with Crippen LogP contribution in [0, 0.1) is 5.92 Å². The first kappa shape index (κ1) is 27.2. The van der Waals surface area contributed by atoms with Crippen LogP contribution >= 0.6 is 0 Å². The van der Waals surface area contributed by atoms with E-state index in [-0.39, 0.29) is 24.6 Å². The number of esters is 1. The first-order chi connectivity index (χ1) is 18.5. The number of amides is 2. The molecule has 1 heterocycles. The van der Waals surface area contributed by atoms with Gasteiger partial charge in [0.15, 0.2) is 0 Å². The summed E-state index contributed by atoms with van der Waals surface area (Å²) < 4.78 is 10.5. The molecule has 0 aliphatic carbocycles. The van der Waals surface area contributed by atoms with E-state index in [4.69, 9.17) is 9.47 Å². The fourth-order valence-corrected chi connectivity index (χ4v) is 4.65. The predicted octanol–water partition coefficient (Wildman–Crippen LogP) is 4.93. The van der Waals surface area contributed by atoms with Crippen LogP contribution in [-0.2, 0) is 17.7 Å².